The predicted octanol–water partition coefficient (Wildman–Crippen LogP) is 3.77. The molecule has 0 saturated carbocycles. The van der Waals surface area contributed by atoms with Crippen molar-refractivity contribution in [1.29, 1.82) is 0 Å². The SMILES string of the molecule is O=C(Nc1ccc(O[C@]2(C(=O)c3ccsc3)CCNC2)cc1)N1CC(c2cccnc2)C1. The molecule has 2 aliphatic rings. The number of carbonyl (C=O) groups excluding carboxylic acids is 2. The molecule has 5 rings (SSSR count). The van der Waals surface area contributed by atoms with Crippen molar-refractivity contribution in [3.05, 3.63) is 76.7 Å². The van der Waals surface area contributed by atoms with E-state index in [2.05, 4.69) is 15.6 Å². The molecule has 1 atom stereocenters. The van der Waals surface area contributed by atoms with Gasteiger partial charge in [-0.15, -0.1) is 0 Å². The van der Waals surface area contributed by atoms with Crippen LogP contribution in [0.15, 0.2) is 65.6 Å². The number of aromatic nitrogens is 1. The van der Waals surface area contributed by atoms with Crippen molar-refractivity contribution in [3.8, 4) is 5.75 Å². The van der Waals surface area contributed by atoms with E-state index in [0.717, 1.165) is 12.1 Å². The van der Waals surface area contributed by atoms with Crippen LogP contribution in [0.2, 0.25) is 0 Å². The number of amides is 2. The van der Waals surface area contributed by atoms with Crippen molar-refractivity contribution in [2.24, 2.45) is 0 Å². The summed E-state index contributed by atoms with van der Waals surface area (Å²) in [6.07, 6.45) is 4.23. The Morgan fingerprint density at radius 2 is 2.03 bits per heavy atom. The quantitative estimate of drug-likeness (QED) is 0.561. The molecule has 2 amide bonds. The molecule has 1 aromatic carbocycles. The van der Waals surface area contributed by atoms with E-state index in [9.17, 15) is 9.59 Å². The maximum atomic E-state index is 13.1. The third-order valence-electron chi connectivity index (χ3n) is 6.06. The minimum atomic E-state index is -0.898. The maximum absolute atomic E-state index is 13.1. The van der Waals surface area contributed by atoms with Crippen LogP contribution in [0.4, 0.5) is 10.5 Å². The minimum Gasteiger partial charge on any atom is -0.478 e. The number of benzene rings is 1. The van der Waals surface area contributed by atoms with Gasteiger partial charge >= 0.3 is 6.03 Å². The molecule has 164 valence electrons. The Morgan fingerprint density at radius 3 is 2.69 bits per heavy atom. The molecule has 2 fully saturated rings. The molecule has 8 heteroatoms. The van der Waals surface area contributed by atoms with Crippen molar-refractivity contribution >= 4 is 28.8 Å². The number of Topliss-reactive ketones (excluding diaryl/α,β-unsaturated/α-hetero) is 1. The summed E-state index contributed by atoms with van der Waals surface area (Å²) in [6, 6.07) is 12.9. The number of hydrogen-bond acceptors (Lipinski definition) is 6. The van der Waals surface area contributed by atoms with Crippen LogP contribution in [-0.4, -0.2) is 53.5 Å². The molecule has 4 heterocycles. The van der Waals surface area contributed by atoms with E-state index in [1.807, 2.05) is 35.2 Å². The number of ketones is 1. The molecule has 7 nitrogen and oxygen atoms in total. The number of hydrogen-bond donors (Lipinski definition) is 2. The van der Waals surface area contributed by atoms with Crippen molar-refractivity contribution in [2.45, 2.75) is 17.9 Å². The zero-order valence-electron chi connectivity index (χ0n) is 17.5. The van der Waals surface area contributed by atoms with Gasteiger partial charge < -0.3 is 20.3 Å². The molecule has 0 radical (unpaired) electrons. The van der Waals surface area contributed by atoms with Crippen LogP contribution in [0.25, 0.3) is 0 Å². The van der Waals surface area contributed by atoms with Gasteiger partial charge in [0.2, 0.25) is 5.78 Å². The van der Waals surface area contributed by atoms with Gasteiger partial charge in [0.15, 0.2) is 5.60 Å². The molecule has 0 aliphatic carbocycles. The van der Waals surface area contributed by atoms with Gasteiger partial charge in [0.05, 0.1) is 0 Å². The molecule has 32 heavy (non-hydrogen) atoms. The smallest absolute Gasteiger partial charge is 0.321 e. The molecule has 0 bridgehead atoms. The van der Waals surface area contributed by atoms with Gasteiger partial charge in [-0.05, 0) is 53.9 Å². The Kier molecular flexibility index (Phi) is 5.63. The van der Waals surface area contributed by atoms with Crippen LogP contribution in [0.5, 0.6) is 5.75 Å². The Balaban J connectivity index is 1.19. The third-order valence-corrected chi connectivity index (χ3v) is 6.74. The monoisotopic (exact) mass is 448 g/mol. The lowest BCUT2D eigenvalue weighted by molar-refractivity contribution is 0.0525. The normalized spacial score (nSPS) is 20.6. The minimum absolute atomic E-state index is 0.00193. The summed E-state index contributed by atoms with van der Waals surface area (Å²) in [4.78, 5) is 31.5. The Bertz CT molecular complexity index is 1070. The molecular weight excluding hydrogens is 424 g/mol. The second-order valence-corrected chi connectivity index (χ2v) is 8.99. The van der Waals surface area contributed by atoms with Crippen molar-refractivity contribution in [3.63, 3.8) is 0 Å². The zero-order valence-corrected chi connectivity index (χ0v) is 18.3. The molecule has 2 aromatic heterocycles. The number of thiophene rings is 1. The Morgan fingerprint density at radius 1 is 1.19 bits per heavy atom. The fourth-order valence-electron chi connectivity index (χ4n) is 4.16. The largest absolute Gasteiger partial charge is 0.478 e. The number of nitrogens with one attached hydrogen (secondary N) is 2. The van der Waals surface area contributed by atoms with Gasteiger partial charge in [-0.25, -0.2) is 4.79 Å². The number of ether oxygens (including phenoxy) is 1. The maximum Gasteiger partial charge on any atom is 0.321 e. The summed E-state index contributed by atoms with van der Waals surface area (Å²) in [6.45, 7) is 2.57. The number of pyridine rings is 1. The van der Waals surface area contributed by atoms with Crippen LogP contribution in [-0.2, 0) is 0 Å². The van der Waals surface area contributed by atoms with Gasteiger partial charge in [0.25, 0.3) is 0 Å². The topological polar surface area (TPSA) is 83.6 Å². The summed E-state index contributed by atoms with van der Waals surface area (Å²) in [5.74, 6) is 0.945. The van der Waals surface area contributed by atoms with Gasteiger partial charge in [-0.3, -0.25) is 9.78 Å². The first-order chi connectivity index (χ1) is 15.6. The summed E-state index contributed by atoms with van der Waals surface area (Å²) >= 11 is 1.50. The molecule has 0 unspecified atom stereocenters. The standard InChI is InChI=1S/C24H24N4O3S/c29-22(18-7-11-32-15-18)24(8-10-26-16-24)31-21-5-3-20(4-6-21)27-23(30)28-13-19(14-28)17-2-1-9-25-12-17/h1-7,9,11-12,15,19,26H,8,10,13-14,16H2,(H,27,30)/t24-/m1/s1. The molecule has 0 spiro atoms. The second kappa shape index (κ2) is 8.72. The number of carbonyl (C=O) groups is 2. The fraction of sp³-hybridized carbons (Fsp3) is 0.292. The van der Waals surface area contributed by atoms with Gasteiger partial charge in [0.1, 0.15) is 5.75 Å². The van der Waals surface area contributed by atoms with Crippen molar-refractivity contribution in [2.75, 3.05) is 31.5 Å². The summed E-state index contributed by atoms with van der Waals surface area (Å²) in [5, 5.41) is 9.94. The van der Waals surface area contributed by atoms with Gasteiger partial charge in [-0.1, -0.05) is 6.07 Å². The highest BCUT2D eigenvalue weighted by atomic mass is 32.1. The fourth-order valence-corrected chi connectivity index (χ4v) is 4.80. The first kappa shape index (κ1) is 20.7. The first-order valence-electron chi connectivity index (χ1n) is 10.7. The summed E-state index contributed by atoms with van der Waals surface area (Å²) in [5.41, 5.74) is 1.63. The number of rotatable bonds is 6. The first-order valence-corrected chi connectivity index (χ1v) is 11.6. The number of anilines is 1. The third kappa shape index (κ3) is 4.11. The Labute approximate surface area is 190 Å². The molecule has 2 N–H and O–H groups in total. The number of nitrogens with zero attached hydrogens (tertiary/aromatic N) is 2. The van der Waals surface area contributed by atoms with Crippen molar-refractivity contribution < 1.29 is 14.3 Å². The summed E-state index contributed by atoms with van der Waals surface area (Å²) in [7, 11) is 0. The molecular formula is C24H24N4O3S. The highest BCUT2D eigenvalue weighted by Gasteiger charge is 2.44. The molecule has 2 aliphatic heterocycles. The van der Waals surface area contributed by atoms with E-state index in [-0.39, 0.29) is 11.8 Å². The van der Waals surface area contributed by atoms with Gasteiger partial charge in [-0.2, -0.15) is 11.3 Å². The lowest BCUT2D eigenvalue weighted by atomic mass is 9.93. The highest BCUT2D eigenvalue weighted by Crippen LogP contribution is 2.30. The molecule has 3 aromatic rings. The second-order valence-electron chi connectivity index (χ2n) is 8.21. The van der Waals surface area contributed by atoms with E-state index in [1.165, 1.54) is 11.3 Å². The lowest BCUT2D eigenvalue weighted by Crippen LogP contribution is -2.50. The van der Waals surface area contributed by atoms with E-state index < -0.39 is 5.60 Å². The van der Waals surface area contributed by atoms with Gasteiger partial charge in [0, 0.05) is 61.0 Å². The Hall–Kier alpha value is -3.23. The van der Waals surface area contributed by atoms with Crippen LogP contribution in [0.1, 0.15) is 28.3 Å². The van der Waals surface area contributed by atoms with Crippen LogP contribution in [0, 0.1) is 0 Å². The molecule has 2 saturated heterocycles. The van der Waals surface area contributed by atoms with E-state index in [1.54, 1.807) is 35.4 Å². The average Bonchev–Trinajstić information content (AvgIpc) is 3.47. The number of urea groups is 1. The van der Waals surface area contributed by atoms with E-state index in [0.29, 0.717) is 49.0 Å². The van der Waals surface area contributed by atoms with Crippen molar-refractivity contribution in [1.82, 2.24) is 15.2 Å². The highest BCUT2D eigenvalue weighted by molar-refractivity contribution is 7.08. The van der Waals surface area contributed by atoms with Crippen LogP contribution < -0.4 is 15.4 Å². The zero-order chi connectivity index (χ0) is 22.0. The predicted molar refractivity (Wildman–Crippen MR) is 124 cm³/mol. The van der Waals surface area contributed by atoms with Crippen LogP contribution in [0.3, 0.4) is 0 Å². The van der Waals surface area contributed by atoms with E-state index in [4.69, 9.17) is 4.74 Å². The van der Waals surface area contributed by atoms with Crippen LogP contribution >= 0.6 is 11.3 Å². The summed E-state index contributed by atoms with van der Waals surface area (Å²) < 4.78 is 6.21. The van der Waals surface area contributed by atoms with E-state index >= 15 is 0 Å². The lowest BCUT2D eigenvalue weighted by Gasteiger charge is -2.39. The number of likely N-dealkylation sites (tertiary alicyclic amines) is 1. The average molecular weight is 449 g/mol.